The molecule has 0 spiro atoms. The topological polar surface area (TPSA) is 90.7 Å². The summed E-state index contributed by atoms with van der Waals surface area (Å²) in [7, 11) is 1.59. The summed E-state index contributed by atoms with van der Waals surface area (Å²) in [5.74, 6) is -0.0779. The number of fused-ring (bicyclic) bond motifs is 5. The molecule has 2 aromatic heterocycles. The van der Waals surface area contributed by atoms with Crippen molar-refractivity contribution in [3.05, 3.63) is 57.4 Å². The van der Waals surface area contributed by atoms with Crippen LogP contribution in [0.2, 0.25) is 0 Å². The molecule has 0 bridgehead atoms. The largest absolute Gasteiger partial charge is 0.494 e. The number of pyridine rings is 2. The van der Waals surface area contributed by atoms with E-state index < -0.39 is 11.6 Å². The van der Waals surface area contributed by atoms with Crippen molar-refractivity contribution in [2.45, 2.75) is 32.1 Å². The highest BCUT2D eigenvalue weighted by Gasteiger charge is 2.45. The van der Waals surface area contributed by atoms with E-state index in [9.17, 15) is 14.7 Å². The van der Waals surface area contributed by atoms with Crippen LogP contribution >= 0.6 is 0 Å². The van der Waals surface area contributed by atoms with Gasteiger partial charge in [-0.1, -0.05) is 19.1 Å². The Kier molecular flexibility index (Phi) is 3.42. The molecule has 7 nitrogen and oxygen atoms in total. The normalized spacial score (nSPS) is 19.8. The maximum absolute atomic E-state index is 13.1. The lowest BCUT2D eigenvalue weighted by atomic mass is 9.86. The second-order valence-corrected chi connectivity index (χ2v) is 7.13. The molecule has 1 aromatic carbocycles. The van der Waals surface area contributed by atoms with Crippen LogP contribution in [0.5, 0.6) is 5.75 Å². The number of cyclic esters (lactones) is 1. The fourth-order valence-electron chi connectivity index (χ4n) is 4.15. The minimum absolute atomic E-state index is 0.119. The number of benzene rings is 1. The molecule has 2 aliphatic rings. The number of hydrogen-bond donors (Lipinski definition) is 1. The van der Waals surface area contributed by atoms with Crippen LogP contribution in [0.25, 0.3) is 22.3 Å². The van der Waals surface area contributed by atoms with Gasteiger partial charge in [-0.15, -0.1) is 0 Å². The van der Waals surface area contributed by atoms with E-state index in [-0.39, 0.29) is 18.6 Å². The van der Waals surface area contributed by atoms with Crippen LogP contribution in [-0.4, -0.2) is 27.7 Å². The Hall–Kier alpha value is -3.19. The monoisotopic (exact) mass is 378 g/mol. The van der Waals surface area contributed by atoms with E-state index in [1.54, 1.807) is 24.7 Å². The Balaban J connectivity index is 1.81. The fraction of sp³-hybridized carbons (Fsp3) is 0.286. The summed E-state index contributed by atoms with van der Waals surface area (Å²) < 4.78 is 12.1. The molecule has 0 amide bonds. The molecule has 5 rings (SSSR count). The van der Waals surface area contributed by atoms with Gasteiger partial charge in [-0.25, -0.2) is 9.78 Å². The van der Waals surface area contributed by atoms with Gasteiger partial charge in [0, 0.05) is 16.5 Å². The molecule has 1 N–H and O–H groups in total. The zero-order chi connectivity index (χ0) is 19.6. The van der Waals surface area contributed by atoms with E-state index in [1.165, 1.54) is 0 Å². The van der Waals surface area contributed by atoms with Crippen molar-refractivity contribution in [1.82, 2.24) is 9.55 Å². The van der Waals surface area contributed by atoms with Gasteiger partial charge >= 0.3 is 5.97 Å². The van der Waals surface area contributed by atoms with Gasteiger partial charge in [0.1, 0.15) is 17.9 Å². The number of hydrogen-bond acceptors (Lipinski definition) is 6. The number of aliphatic hydroxyl groups is 1. The summed E-state index contributed by atoms with van der Waals surface area (Å²) in [6.45, 7) is 1.94. The van der Waals surface area contributed by atoms with Crippen LogP contribution < -0.4 is 10.3 Å². The third kappa shape index (κ3) is 2.05. The molecule has 3 aromatic rings. The summed E-state index contributed by atoms with van der Waals surface area (Å²) in [5.41, 5.74) is 1.42. The standard InChI is InChI=1S/C21H18N2O5/c1-3-21(26)14-8-15-17-12(7-11-5-4-6-16(27-2)18(11)22-17)9-23(15)19(24)13(14)10-28-20(21)25/h4-8,26H,3,9-10H2,1-2H3/t21-/m0/s1. The van der Waals surface area contributed by atoms with Gasteiger partial charge in [-0.05, 0) is 24.6 Å². The highest BCUT2D eigenvalue weighted by molar-refractivity contribution is 5.89. The predicted molar refractivity (Wildman–Crippen MR) is 101 cm³/mol. The van der Waals surface area contributed by atoms with Crippen LogP contribution in [0.4, 0.5) is 0 Å². The number of rotatable bonds is 2. The molecular formula is C21H18N2O5. The molecule has 0 radical (unpaired) electrons. The molecule has 0 fully saturated rings. The van der Waals surface area contributed by atoms with Crippen LogP contribution in [0.3, 0.4) is 0 Å². The van der Waals surface area contributed by atoms with Gasteiger partial charge in [-0.3, -0.25) is 4.79 Å². The highest BCUT2D eigenvalue weighted by atomic mass is 16.6. The SMILES string of the molecule is CC[C@@]1(O)C(=O)OCc2c1cc1n(c2=O)Cc2cc3cccc(OC)c3nc2-1. The molecule has 142 valence electrons. The Morgan fingerprint density at radius 3 is 2.89 bits per heavy atom. The highest BCUT2D eigenvalue weighted by Crippen LogP contribution is 2.39. The average Bonchev–Trinajstić information content (AvgIpc) is 3.07. The molecule has 0 saturated heterocycles. The van der Waals surface area contributed by atoms with Gasteiger partial charge in [0.05, 0.1) is 30.6 Å². The molecule has 28 heavy (non-hydrogen) atoms. The van der Waals surface area contributed by atoms with Crippen molar-refractivity contribution in [3.63, 3.8) is 0 Å². The molecule has 0 unspecified atom stereocenters. The molecule has 7 heteroatoms. The Labute approximate surface area is 160 Å². The predicted octanol–water partition coefficient (Wildman–Crippen LogP) is 2.09. The Morgan fingerprint density at radius 2 is 2.14 bits per heavy atom. The van der Waals surface area contributed by atoms with Gasteiger partial charge < -0.3 is 19.1 Å². The third-order valence-electron chi connectivity index (χ3n) is 5.72. The Bertz CT molecular complexity index is 1230. The number of carbonyl (C=O) groups excluding carboxylic acids is 1. The van der Waals surface area contributed by atoms with Gasteiger partial charge in [0.2, 0.25) is 0 Å². The number of esters is 1. The van der Waals surface area contributed by atoms with E-state index >= 15 is 0 Å². The molecule has 2 aliphatic heterocycles. The van der Waals surface area contributed by atoms with Crippen molar-refractivity contribution in [2.75, 3.05) is 7.11 Å². The zero-order valence-corrected chi connectivity index (χ0v) is 15.5. The first-order valence-corrected chi connectivity index (χ1v) is 9.11. The molecule has 0 aliphatic carbocycles. The van der Waals surface area contributed by atoms with Crippen LogP contribution in [0, 0.1) is 0 Å². The lowest BCUT2D eigenvalue weighted by molar-refractivity contribution is -0.172. The number of methoxy groups -OCH3 is 1. The second-order valence-electron chi connectivity index (χ2n) is 7.13. The van der Waals surface area contributed by atoms with Gasteiger partial charge in [0.25, 0.3) is 5.56 Å². The molecular weight excluding hydrogens is 360 g/mol. The maximum Gasteiger partial charge on any atom is 0.343 e. The number of ether oxygens (including phenoxy) is 2. The smallest absolute Gasteiger partial charge is 0.343 e. The van der Waals surface area contributed by atoms with Crippen molar-refractivity contribution in [2.24, 2.45) is 0 Å². The van der Waals surface area contributed by atoms with E-state index in [4.69, 9.17) is 14.5 Å². The van der Waals surface area contributed by atoms with E-state index in [0.717, 1.165) is 10.9 Å². The van der Waals surface area contributed by atoms with Crippen molar-refractivity contribution >= 4 is 16.9 Å². The minimum Gasteiger partial charge on any atom is -0.494 e. The first-order valence-electron chi connectivity index (χ1n) is 9.11. The number of para-hydroxylation sites is 1. The summed E-state index contributed by atoms with van der Waals surface area (Å²) in [6.07, 6.45) is 0.119. The van der Waals surface area contributed by atoms with Crippen molar-refractivity contribution in [3.8, 4) is 17.1 Å². The molecule has 1 atom stereocenters. The first kappa shape index (κ1) is 16.9. The quantitative estimate of drug-likeness (QED) is 0.537. The van der Waals surface area contributed by atoms with Crippen LogP contribution in [0.15, 0.2) is 35.1 Å². The summed E-state index contributed by atoms with van der Waals surface area (Å²) >= 11 is 0. The van der Waals surface area contributed by atoms with Crippen LogP contribution in [-0.2, 0) is 28.3 Å². The van der Waals surface area contributed by atoms with Gasteiger partial charge in [-0.2, -0.15) is 0 Å². The third-order valence-corrected chi connectivity index (χ3v) is 5.72. The van der Waals surface area contributed by atoms with E-state index in [0.29, 0.717) is 40.3 Å². The Morgan fingerprint density at radius 1 is 1.32 bits per heavy atom. The minimum atomic E-state index is -1.82. The van der Waals surface area contributed by atoms with E-state index in [2.05, 4.69) is 0 Å². The zero-order valence-electron chi connectivity index (χ0n) is 15.5. The summed E-state index contributed by atoms with van der Waals surface area (Å²) in [5, 5.41) is 11.8. The molecule has 0 saturated carbocycles. The van der Waals surface area contributed by atoms with Crippen molar-refractivity contribution in [1.29, 1.82) is 0 Å². The second kappa shape index (κ2) is 5.65. The lowest BCUT2D eigenvalue weighted by Crippen LogP contribution is -2.44. The summed E-state index contributed by atoms with van der Waals surface area (Å²) in [4.78, 5) is 30.1. The number of nitrogens with zero attached hydrogens (tertiary/aromatic N) is 2. The fourth-order valence-corrected chi connectivity index (χ4v) is 4.15. The lowest BCUT2D eigenvalue weighted by Gasteiger charge is -2.31. The average molecular weight is 378 g/mol. The number of carbonyl (C=O) groups is 1. The number of aromatic nitrogens is 2. The summed E-state index contributed by atoms with van der Waals surface area (Å²) in [6, 6.07) is 9.39. The van der Waals surface area contributed by atoms with Gasteiger partial charge in [0.15, 0.2) is 5.60 Å². The first-order chi connectivity index (χ1) is 13.5. The van der Waals surface area contributed by atoms with E-state index in [1.807, 2.05) is 24.3 Å². The molecule has 4 heterocycles. The van der Waals surface area contributed by atoms with Crippen molar-refractivity contribution < 1.29 is 19.4 Å². The maximum atomic E-state index is 13.1. The van der Waals surface area contributed by atoms with Crippen LogP contribution in [0.1, 0.15) is 30.0 Å².